The maximum atomic E-state index is 5.64. The predicted octanol–water partition coefficient (Wildman–Crippen LogP) is 1.90. The second-order valence-corrected chi connectivity index (χ2v) is 4.66. The first kappa shape index (κ1) is 14.2. The normalized spacial score (nSPS) is 11.7. The lowest BCUT2D eigenvalue weighted by Gasteiger charge is -2.16. The highest BCUT2D eigenvalue weighted by Crippen LogP contribution is 2.15. The van der Waals surface area contributed by atoms with Crippen molar-refractivity contribution in [2.24, 2.45) is 5.73 Å². The van der Waals surface area contributed by atoms with Gasteiger partial charge in [-0.2, -0.15) is 0 Å². The summed E-state index contributed by atoms with van der Waals surface area (Å²) in [6, 6.07) is 2.04. The minimum Gasteiger partial charge on any atom is -0.465 e. The average Bonchev–Trinajstić information content (AvgIpc) is 2.58. The van der Waals surface area contributed by atoms with Crippen molar-refractivity contribution in [2.45, 2.75) is 40.0 Å². The Morgan fingerprint density at radius 3 is 2.71 bits per heavy atom. The SMILES string of the molecule is Cc1oc(CN(C)CCOC(C)C)cc1CN. The van der Waals surface area contributed by atoms with Gasteiger partial charge < -0.3 is 14.9 Å². The summed E-state index contributed by atoms with van der Waals surface area (Å²) < 4.78 is 11.1. The van der Waals surface area contributed by atoms with Crippen molar-refractivity contribution in [3.8, 4) is 0 Å². The van der Waals surface area contributed by atoms with Crippen LogP contribution in [-0.2, 0) is 17.8 Å². The van der Waals surface area contributed by atoms with Crippen molar-refractivity contribution < 1.29 is 9.15 Å². The molecule has 17 heavy (non-hydrogen) atoms. The van der Waals surface area contributed by atoms with E-state index >= 15 is 0 Å². The summed E-state index contributed by atoms with van der Waals surface area (Å²) >= 11 is 0. The molecule has 0 spiro atoms. The average molecular weight is 240 g/mol. The molecular weight excluding hydrogens is 216 g/mol. The van der Waals surface area contributed by atoms with E-state index in [1.54, 1.807) is 0 Å². The van der Waals surface area contributed by atoms with Gasteiger partial charge in [0.15, 0.2) is 0 Å². The number of furan rings is 1. The van der Waals surface area contributed by atoms with Gasteiger partial charge in [0.25, 0.3) is 0 Å². The minimum atomic E-state index is 0.290. The number of hydrogen-bond acceptors (Lipinski definition) is 4. The van der Waals surface area contributed by atoms with Gasteiger partial charge in [-0.1, -0.05) is 0 Å². The van der Waals surface area contributed by atoms with Gasteiger partial charge in [-0.05, 0) is 33.9 Å². The van der Waals surface area contributed by atoms with Crippen LogP contribution < -0.4 is 5.73 Å². The first-order chi connectivity index (χ1) is 8.02. The van der Waals surface area contributed by atoms with Crippen molar-refractivity contribution in [2.75, 3.05) is 20.2 Å². The van der Waals surface area contributed by atoms with Crippen molar-refractivity contribution in [1.82, 2.24) is 4.90 Å². The summed E-state index contributed by atoms with van der Waals surface area (Å²) in [5.74, 6) is 1.89. The molecule has 0 fully saturated rings. The van der Waals surface area contributed by atoms with E-state index in [0.717, 1.165) is 36.8 Å². The molecular formula is C13H24N2O2. The van der Waals surface area contributed by atoms with Crippen LogP contribution in [0.1, 0.15) is 30.9 Å². The summed E-state index contributed by atoms with van der Waals surface area (Å²) in [6.07, 6.45) is 0.290. The largest absolute Gasteiger partial charge is 0.465 e. The van der Waals surface area contributed by atoms with E-state index in [9.17, 15) is 0 Å². The Kier molecular flexibility index (Phi) is 5.68. The van der Waals surface area contributed by atoms with Crippen molar-refractivity contribution in [1.29, 1.82) is 0 Å². The number of ether oxygens (including phenoxy) is 1. The van der Waals surface area contributed by atoms with Gasteiger partial charge >= 0.3 is 0 Å². The summed E-state index contributed by atoms with van der Waals surface area (Å²) in [5, 5.41) is 0. The number of hydrogen-bond donors (Lipinski definition) is 1. The Bertz CT molecular complexity index is 334. The third-order valence-electron chi connectivity index (χ3n) is 2.64. The molecule has 0 amide bonds. The topological polar surface area (TPSA) is 51.6 Å². The molecule has 98 valence electrons. The molecule has 0 aliphatic rings. The first-order valence-corrected chi connectivity index (χ1v) is 6.11. The van der Waals surface area contributed by atoms with Crippen LogP contribution in [0.4, 0.5) is 0 Å². The maximum Gasteiger partial charge on any atom is 0.118 e. The standard InChI is InChI=1S/C13H24N2O2/c1-10(2)16-6-5-15(4)9-13-7-12(8-14)11(3)17-13/h7,10H,5-6,8-9,14H2,1-4H3. The van der Waals surface area contributed by atoms with Crippen LogP contribution in [0.5, 0.6) is 0 Å². The molecule has 0 atom stereocenters. The van der Waals surface area contributed by atoms with E-state index in [1.165, 1.54) is 0 Å². The zero-order valence-corrected chi connectivity index (χ0v) is 11.3. The molecule has 0 bridgehead atoms. The van der Waals surface area contributed by atoms with E-state index < -0.39 is 0 Å². The Labute approximate surface area is 104 Å². The quantitative estimate of drug-likeness (QED) is 0.791. The number of likely N-dealkylation sites (N-methyl/N-ethyl adjacent to an activating group) is 1. The molecule has 1 aromatic heterocycles. The van der Waals surface area contributed by atoms with Gasteiger partial charge in [-0.3, -0.25) is 4.90 Å². The van der Waals surface area contributed by atoms with Gasteiger partial charge in [0, 0.05) is 18.7 Å². The second kappa shape index (κ2) is 6.79. The summed E-state index contributed by atoms with van der Waals surface area (Å²) in [7, 11) is 2.06. The number of aryl methyl sites for hydroxylation is 1. The molecule has 4 heteroatoms. The van der Waals surface area contributed by atoms with Crippen LogP contribution in [0.15, 0.2) is 10.5 Å². The highest BCUT2D eigenvalue weighted by atomic mass is 16.5. The Morgan fingerprint density at radius 2 is 2.18 bits per heavy atom. The molecule has 0 aliphatic heterocycles. The van der Waals surface area contributed by atoms with E-state index in [1.807, 2.05) is 26.8 Å². The van der Waals surface area contributed by atoms with Crippen LogP contribution in [0.3, 0.4) is 0 Å². The van der Waals surface area contributed by atoms with Crippen LogP contribution in [0.25, 0.3) is 0 Å². The lowest BCUT2D eigenvalue weighted by Crippen LogP contribution is -2.23. The van der Waals surface area contributed by atoms with Crippen LogP contribution in [0.2, 0.25) is 0 Å². The van der Waals surface area contributed by atoms with Crippen molar-refractivity contribution in [3.05, 3.63) is 23.2 Å². The van der Waals surface area contributed by atoms with Crippen molar-refractivity contribution in [3.63, 3.8) is 0 Å². The predicted molar refractivity (Wildman–Crippen MR) is 68.8 cm³/mol. The Hall–Kier alpha value is -0.840. The molecule has 0 aromatic carbocycles. The lowest BCUT2D eigenvalue weighted by atomic mass is 10.2. The zero-order chi connectivity index (χ0) is 12.8. The zero-order valence-electron chi connectivity index (χ0n) is 11.3. The van der Waals surface area contributed by atoms with E-state index in [-0.39, 0.29) is 6.10 Å². The number of nitrogens with zero attached hydrogens (tertiary/aromatic N) is 1. The molecule has 2 N–H and O–H groups in total. The van der Waals surface area contributed by atoms with Gasteiger partial charge in [-0.25, -0.2) is 0 Å². The van der Waals surface area contributed by atoms with Crippen LogP contribution >= 0.6 is 0 Å². The van der Waals surface area contributed by atoms with Gasteiger partial charge in [0.05, 0.1) is 19.3 Å². The second-order valence-electron chi connectivity index (χ2n) is 4.66. The monoisotopic (exact) mass is 240 g/mol. The molecule has 0 radical (unpaired) electrons. The van der Waals surface area contributed by atoms with Gasteiger partial charge in [-0.15, -0.1) is 0 Å². The van der Waals surface area contributed by atoms with Crippen molar-refractivity contribution >= 4 is 0 Å². The number of nitrogens with two attached hydrogens (primary N) is 1. The van der Waals surface area contributed by atoms with Crippen LogP contribution in [-0.4, -0.2) is 31.2 Å². The molecule has 0 aliphatic carbocycles. The fourth-order valence-corrected chi connectivity index (χ4v) is 1.66. The highest BCUT2D eigenvalue weighted by molar-refractivity contribution is 5.20. The fraction of sp³-hybridized carbons (Fsp3) is 0.692. The first-order valence-electron chi connectivity index (χ1n) is 6.11. The summed E-state index contributed by atoms with van der Waals surface area (Å²) in [4.78, 5) is 2.18. The van der Waals surface area contributed by atoms with E-state index in [4.69, 9.17) is 14.9 Å². The summed E-state index contributed by atoms with van der Waals surface area (Å²) in [6.45, 7) is 9.02. The lowest BCUT2D eigenvalue weighted by molar-refractivity contribution is 0.0616. The van der Waals surface area contributed by atoms with Gasteiger partial charge in [0.2, 0.25) is 0 Å². The Balaban J connectivity index is 2.36. The smallest absolute Gasteiger partial charge is 0.118 e. The van der Waals surface area contributed by atoms with E-state index in [0.29, 0.717) is 6.54 Å². The molecule has 0 unspecified atom stereocenters. The third kappa shape index (κ3) is 4.89. The molecule has 0 saturated heterocycles. The Morgan fingerprint density at radius 1 is 1.47 bits per heavy atom. The highest BCUT2D eigenvalue weighted by Gasteiger charge is 2.08. The van der Waals surface area contributed by atoms with Crippen LogP contribution in [0, 0.1) is 6.92 Å². The maximum absolute atomic E-state index is 5.64. The fourth-order valence-electron chi connectivity index (χ4n) is 1.66. The molecule has 4 nitrogen and oxygen atoms in total. The summed E-state index contributed by atoms with van der Waals surface area (Å²) in [5.41, 5.74) is 6.70. The van der Waals surface area contributed by atoms with Gasteiger partial charge in [0.1, 0.15) is 11.5 Å². The number of rotatable bonds is 7. The molecule has 1 rings (SSSR count). The van der Waals surface area contributed by atoms with E-state index in [2.05, 4.69) is 11.9 Å². The molecule has 1 aromatic rings. The minimum absolute atomic E-state index is 0.290. The molecule has 1 heterocycles. The third-order valence-corrected chi connectivity index (χ3v) is 2.64. The molecule has 0 saturated carbocycles.